The van der Waals surface area contributed by atoms with Crippen molar-refractivity contribution in [1.82, 2.24) is 9.97 Å². The molecule has 0 fully saturated rings. The maximum absolute atomic E-state index is 8.65. The van der Waals surface area contributed by atoms with E-state index in [4.69, 9.17) is 43.3 Å². The van der Waals surface area contributed by atoms with E-state index in [9.17, 15) is 0 Å². The number of carbonyl (C=O) groups is 1. The molecule has 0 unspecified atom stereocenters. The van der Waals surface area contributed by atoms with E-state index < -0.39 is 7.12 Å². The molecule has 38 heavy (non-hydrogen) atoms. The smallest absolute Gasteiger partial charge is 1.00 e. The van der Waals surface area contributed by atoms with E-state index in [1.54, 1.807) is 24.4 Å². The van der Waals surface area contributed by atoms with Gasteiger partial charge in [-0.15, -0.1) is 0 Å². The third-order valence-electron chi connectivity index (χ3n) is 4.10. The van der Waals surface area contributed by atoms with Crippen LogP contribution in [0, 0.1) is 13.8 Å². The first kappa shape index (κ1) is 41.5. The Morgan fingerprint density at radius 1 is 0.895 bits per heavy atom. The Morgan fingerprint density at radius 2 is 1.42 bits per heavy atom. The number of pyridine rings is 2. The maximum Gasteiger partial charge on any atom is 1.00 e. The first-order chi connectivity index (χ1) is 17.2. The molecule has 2 heterocycles. The van der Waals surface area contributed by atoms with Crippen LogP contribution >= 0.6 is 39.1 Å². The summed E-state index contributed by atoms with van der Waals surface area (Å²) < 4.78 is 0.900. The molecule has 4 rings (SSSR count). The van der Waals surface area contributed by atoms with Gasteiger partial charge in [0, 0.05) is 28.0 Å². The Morgan fingerprint density at radius 3 is 1.82 bits per heavy atom. The van der Waals surface area contributed by atoms with Crippen molar-refractivity contribution in [3.8, 4) is 11.3 Å². The second kappa shape index (κ2) is 24.9. The minimum absolute atomic E-state index is 0. The van der Waals surface area contributed by atoms with Gasteiger partial charge in [-0.05, 0) is 94.9 Å². The summed E-state index contributed by atoms with van der Waals surface area (Å²) in [7, 11) is -1.43. The molecule has 2 aromatic carbocycles. The molecule has 13 heteroatoms. The summed E-state index contributed by atoms with van der Waals surface area (Å²) in [6, 6.07) is 22.1. The molecule has 0 bridgehead atoms. The van der Waals surface area contributed by atoms with Gasteiger partial charge in [-0.25, -0.2) is 4.98 Å². The van der Waals surface area contributed by atoms with E-state index in [1.165, 1.54) is 17.2 Å². The quantitative estimate of drug-likeness (QED) is 0.0844. The van der Waals surface area contributed by atoms with Crippen LogP contribution < -0.4 is 149 Å². The zero-order chi connectivity index (χ0) is 26.9. The minimum Gasteiger partial charge on any atom is -1.00 e. The Kier molecular flexibility index (Phi) is 27.1. The van der Waals surface area contributed by atoms with E-state index in [1.807, 2.05) is 61.7 Å². The largest absolute Gasteiger partial charge is 1.00 e. The van der Waals surface area contributed by atoms with Gasteiger partial charge >= 0.3 is 145 Å². The second-order valence-electron chi connectivity index (χ2n) is 7.01. The van der Waals surface area contributed by atoms with Crippen molar-refractivity contribution in [2.75, 3.05) is 0 Å². The van der Waals surface area contributed by atoms with Crippen molar-refractivity contribution < 1.29 is 164 Å². The minimum atomic E-state index is -1.43. The van der Waals surface area contributed by atoms with E-state index >= 15 is 0 Å². The number of halogens is 3. The standard InChI is InChI=1S/C12H10ClN.C6H6BClO2.C6H6BrN.CH2O3.2Cs.H/c1-9-5-6-14-12(7-9)10-3-2-4-11(13)8-10;8-6-3-1-2-5(4-6)7(9)10;1-5-2-3-8-6(7)4-5;2-1-4-3;;;/h2-8H,1H3;1-4,9-10H;2-4H,1H3;1,3H;;;/q;;;;2*+1;-1/p-1. The molecule has 0 amide bonds. The number of rotatable bonds is 3. The Hall–Kier alpha value is 1.32. The van der Waals surface area contributed by atoms with Gasteiger partial charge in [0.05, 0.1) is 5.69 Å². The van der Waals surface area contributed by atoms with Crippen molar-refractivity contribution in [3.63, 3.8) is 0 Å². The molecule has 0 radical (unpaired) electrons. The van der Waals surface area contributed by atoms with Gasteiger partial charge in [0.1, 0.15) is 4.60 Å². The monoisotopic (exact) mass is 858 g/mol. The molecule has 2 aromatic heterocycles. The Balaban J connectivity index is -0.000000464. The summed E-state index contributed by atoms with van der Waals surface area (Å²) in [6.07, 6.45) is 3.59. The number of aryl methyl sites for hydroxylation is 2. The molecule has 0 atom stereocenters. The van der Waals surface area contributed by atoms with E-state index in [0.717, 1.165) is 20.9 Å². The zero-order valence-corrected chi connectivity index (χ0v) is 37.0. The van der Waals surface area contributed by atoms with E-state index in [2.05, 4.69) is 37.7 Å². The fourth-order valence-corrected chi connectivity index (χ4v) is 3.38. The van der Waals surface area contributed by atoms with E-state index in [0.29, 0.717) is 10.5 Å². The van der Waals surface area contributed by atoms with Crippen LogP contribution in [0.3, 0.4) is 0 Å². The third-order valence-corrected chi connectivity index (χ3v) is 5.01. The molecule has 2 N–H and O–H groups in total. The molecule has 0 aliphatic heterocycles. The molecule has 0 aliphatic rings. The number of hydrogen-bond donors (Lipinski definition) is 2. The molecule has 190 valence electrons. The third kappa shape index (κ3) is 19.4. The molecule has 0 aliphatic carbocycles. The van der Waals surface area contributed by atoms with Crippen molar-refractivity contribution in [2.45, 2.75) is 13.8 Å². The van der Waals surface area contributed by atoms with Crippen molar-refractivity contribution in [3.05, 3.63) is 111 Å². The number of hydrogen-bond acceptors (Lipinski definition) is 7. The SMILES string of the molecule is Cc1ccnc(-c2cccc(Cl)c2)c1.Cc1ccnc(Br)c1.O=CO[O-].OB(O)c1cccc(Cl)c1.[Cs+].[Cs+].[H-]. The molecule has 4 aromatic rings. The summed E-state index contributed by atoms with van der Waals surface area (Å²) >= 11 is 14.7. The van der Waals surface area contributed by atoms with Gasteiger partial charge in [-0.1, -0.05) is 47.5 Å². The molecule has 7 nitrogen and oxygen atoms in total. The molecule has 0 saturated carbocycles. The van der Waals surface area contributed by atoms with Crippen LogP contribution in [0.15, 0.2) is 89.8 Å². The first-order valence-corrected chi connectivity index (χ1v) is 11.8. The first-order valence-electron chi connectivity index (χ1n) is 10.3. The Bertz CT molecular complexity index is 1180. The van der Waals surface area contributed by atoms with Gasteiger partial charge in [-0.3, -0.25) is 9.78 Å². The van der Waals surface area contributed by atoms with Gasteiger partial charge < -0.3 is 21.6 Å². The molecule has 0 spiro atoms. The topological polar surface area (TPSA) is 116 Å². The van der Waals surface area contributed by atoms with Crippen LogP contribution in [0.4, 0.5) is 0 Å². The summed E-state index contributed by atoms with van der Waals surface area (Å²) in [5.74, 6) is 0. The van der Waals surface area contributed by atoms with Crippen molar-refractivity contribution in [1.29, 1.82) is 0 Å². The number of benzene rings is 2. The average Bonchev–Trinajstić information content (AvgIpc) is 2.85. The summed E-state index contributed by atoms with van der Waals surface area (Å²) in [6.45, 7) is 3.90. The van der Waals surface area contributed by atoms with Gasteiger partial charge in [0.25, 0.3) is 6.47 Å². The van der Waals surface area contributed by atoms with Crippen LogP contribution in [0.25, 0.3) is 11.3 Å². The van der Waals surface area contributed by atoms with Crippen LogP contribution in [-0.2, 0) is 9.68 Å². The predicted octanol–water partition coefficient (Wildman–Crippen LogP) is -1.56. The number of carbonyl (C=O) groups excluding carboxylic acids is 1. The fraction of sp³-hybridized carbons (Fsp3) is 0.0800. The second-order valence-corrected chi connectivity index (χ2v) is 8.69. The van der Waals surface area contributed by atoms with Gasteiger partial charge in [-0.2, -0.15) is 0 Å². The predicted molar refractivity (Wildman–Crippen MR) is 146 cm³/mol. The molecule has 0 saturated heterocycles. The van der Waals surface area contributed by atoms with Crippen molar-refractivity contribution in [2.24, 2.45) is 0 Å². The van der Waals surface area contributed by atoms with Crippen LogP contribution in [-0.4, -0.2) is 33.6 Å². The van der Waals surface area contributed by atoms with Crippen LogP contribution in [0.2, 0.25) is 10.0 Å². The van der Waals surface area contributed by atoms with Gasteiger partial charge in [0.2, 0.25) is 0 Å². The normalized spacial score (nSPS) is 8.74. The number of nitrogens with zero attached hydrogens (tertiary/aromatic N) is 2. The average molecular weight is 860 g/mol. The summed E-state index contributed by atoms with van der Waals surface area (Å²) in [5.41, 5.74) is 4.86. The van der Waals surface area contributed by atoms with E-state index in [-0.39, 0.29) is 146 Å². The molecular formula is C25H24BBrCl2Cs2N2O5. The Labute approximate surface area is 360 Å². The molecular weight excluding hydrogens is 836 g/mol. The van der Waals surface area contributed by atoms with Crippen LogP contribution in [0.5, 0.6) is 0 Å². The van der Waals surface area contributed by atoms with Crippen molar-refractivity contribution >= 4 is 58.2 Å². The number of aromatic nitrogens is 2. The summed E-state index contributed by atoms with van der Waals surface area (Å²) in [4.78, 5) is 19.5. The maximum atomic E-state index is 8.65. The van der Waals surface area contributed by atoms with Crippen LogP contribution in [0.1, 0.15) is 12.6 Å². The summed E-state index contributed by atoms with van der Waals surface area (Å²) in [5, 5.41) is 27.0. The zero-order valence-electron chi connectivity index (χ0n) is 22.4. The fourth-order valence-electron chi connectivity index (χ4n) is 2.51. The van der Waals surface area contributed by atoms with Gasteiger partial charge in [0.15, 0.2) is 0 Å².